The zero-order chi connectivity index (χ0) is 36.9. The van der Waals surface area contributed by atoms with Crippen LogP contribution in [0, 0.1) is 13.8 Å². The number of hydrogen-bond acceptors (Lipinski definition) is 3. The van der Waals surface area contributed by atoms with Crippen molar-refractivity contribution in [2.75, 3.05) is 5.32 Å². The Hall–Kier alpha value is -3.34. The van der Waals surface area contributed by atoms with Crippen molar-refractivity contribution in [2.45, 2.75) is 139 Å². The highest BCUT2D eigenvalue weighted by atomic mass is 15.0. The molecule has 0 bridgehead atoms. The molecule has 4 nitrogen and oxygen atoms in total. The van der Waals surface area contributed by atoms with Crippen molar-refractivity contribution in [3.05, 3.63) is 114 Å². The fourth-order valence-electron chi connectivity index (χ4n) is 5.51. The lowest BCUT2D eigenvalue weighted by Crippen LogP contribution is -2.48. The Morgan fingerprint density at radius 3 is 1.60 bits per heavy atom. The first-order valence-electron chi connectivity index (χ1n) is 17.7. The third kappa shape index (κ3) is 17.2. The summed E-state index contributed by atoms with van der Waals surface area (Å²) in [6.07, 6.45) is 4.22. The van der Waals surface area contributed by atoms with E-state index in [0.29, 0.717) is 6.04 Å². The van der Waals surface area contributed by atoms with E-state index in [2.05, 4.69) is 209 Å². The van der Waals surface area contributed by atoms with Crippen LogP contribution in [0.1, 0.15) is 125 Å². The molecule has 0 aliphatic heterocycles. The number of nitrogens with zero attached hydrogens (tertiary/aromatic N) is 1. The van der Waals surface area contributed by atoms with Gasteiger partial charge in [0.25, 0.3) is 0 Å². The standard InChI is InChI=1S/C17H24N2.C14H23N.C11H17N.C2H6/c1-13(18-17(2,3)4)14-6-8-15(9-7-14)16-10-11-19(5)12-16;1-11-7-9-12(10-8-11)14(5,6)15-13(2,3)4;1-9-6-5-7-10(8-9)12-11(2,3)4;1-2/h6-13,18H,1-5H3;7-10,15H,1-6H3;5-8,12H,1-4H3;1-2H3. The first-order chi connectivity index (χ1) is 22.0. The van der Waals surface area contributed by atoms with Crippen molar-refractivity contribution in [1.82, 2.24) is 15.2 Å². The quantitative estimate of drug-likeness (QED) is 0.194. The molecule has 0 radical (unpaired) electrons. The van der Waals surface area contributed by atoms with Crippen molar-refractivity contribution in [3.63, 3.8) is 0 Å². The molecule has 1 unspecified atom stereocenters. The summed E-state index contributed by atoms with van der Waals surface area (Å²) in [7, 11) is 2.05. The summed E-state index contributed by atoms with van der Waals surface area (Å²) in [4.78, 5) is 0. The molecule has 0 spiro atoms. The van der Waals surface area contributed by atoms with E-state index in [-0.39, 0.29) is 22.2 Å². The number of aromatic nitrogens is 1. The molecular formula is C44H70N4. The van der Waals surface area contributed by atoms with E-state index in [1.54, 1.807) is 0 Å². The Labute approximate surface area is 296 Å². The summed E-state index contributed by atoms with van der Waals surface area (Å²) in [6, 6.07) is 28.5. The van der Waals surface area contributed by atoms with Gasteiger partial charge in [0, 0.05) is 53.3 Å². The smallest absolute Gasteiger partial charge is 0.0381 e. The van der Waals surface area contributed by atoms with Gasteiger partial charge in [-0.2, -0.15) is 0 Å². The summed E-state index contributed by atoms with van der Waals surface area (Å²) in [6.45, 7) is 34.6. The highest BCUT2D eigenvalue weighted by molar-refractivity contribution is 5.63. The van der Waals surface area contributed by atoms with E-state index in [0.717, 1.165) is 0 Å². The Balaban J connectivity index is 0.000000360. The lowest BCUT2D eigenvalue weighted by Gasteiger charge is -2.35. The van der Waals surface area contributed by atoms with Crippen molar-refractivity contribution in [2.24, 2.45) is 7.05 Å². The molecule has 3 aromatic carbocycles. The zero-order valence-corrected chi connectivity index (χ0v) is 33.7. The summed E-state index contributed by atoms with van der Waals surface area (Å²) in [5.74, 6) is 0. The molecule has 0 aliphatic rings. The lowest BCUT2D eigenvalue weighted by molar-refractivity contribution is 0.286. The molecule has 266 valence electrons. The predicted octanol–water partition coefficient (Wildman–Crippen LogP) is 12.0. The van der Waals surface area contributed by atoms with E-state index in [9.17, 15) is 0 Å². The van der Waals surface area contributed by atoms with Gasteiger partial charge in [-0.05, 0) is 143 Å². The minimum absolute atomic E-state index is 0.0198. The number of rotatable bonds is 6. The largest absolute Gasteiger partial charge is 0.380 e. The van der Waals surface area contributed by atoms with Crippen molar-refractivity contribution in [3.8, 4) is 11.1 Å². The van der Waals surface area contributed by atoms with E-state index >= 15 is 0 Å². The third-order valence-electron chi connectivity index (χ3n) is 7.22. The molecule has 0 fully saturated rings. The van der Waals surface area contributed by atoms with Crippen LogP contribution >= 0.6 is 0 Å². The predicted molar refractivity (Wildman–Crippen MR) is 215 cm³/mol. The fraction of sp³-hybridized carbons (Fsp3) is 0.500. The minimum Gasteiger partial charge on any atom is -0.380 e. The summed E-state index contributed by atoms with van der Waals surface area (Å²) in [5.41, 5.74) is 9.44. The number of benzene rings is 3. The second-order valence-corrected chi connectivity index (χ2v) is 16.4. The highest BCUT2D eigenvalue weighted by Crippen LogP contribution is 2.24. The van der Waals surface area contributed by atoms with Gasteiger partial charge in [-0.3, -0.25) is 0 Å². The Morgan fingerprint density at radius 2 is 1.17 bits per heavy atom. The van der Waals surface area contributed by atoms with Crippen LogP contribution in [0.15, 0.2) is 91.3 Å². The first-order valence-corrected chi connectivity index (χ1v) is 17.7. The molecule has 1 atom stereocenters. The summed E-state index contributed by atoms with van der Waals surface area (Å²) in [5, 5.41) is 10.6. The lowest BCUT2D eigenvalue weighted by atomic mass is 9.90. The fourth-order valence-corrected chi connectivity index (χ4v) is 5.51. The van der Waals surface area contributed by atoms with Crippen molar-refractivity contribution < 1.29 is 0 Å². The molecule has 4 aromatic rings. The minimum atomic E-state index is 0.0198. The number of hydrogen-bond donors (Lipinski definition) is 3. The van der Waals surface area contributed by atoms with Gasteiger partial charge in [-0.1, -0.05) is 80.1 Å². The summed E-state index contributed by atoms with van der Waals surface area (Å²) < 4.78 is 2.08. The zero-order valence-electron chi connectivity index (χ0n) is 33.7. The van der Waals surface area contributed by atoms with Crippen LogP contribution in [-0.4, -0.2) is 21.2 Å². The molecule has 0 saturated heterocycles. The maximum atomic E-state index is 3.63. The van der Waals surface area contributed by atoms with Gasteiger partial charge < -0.3 is 20.5 Å². The maximum absolute atomic E-state index is 3.63. The van der Waals surface area contributed by atoms with Gasteiger partial charge in [0.05, 0.1) is 0 Å². The monoisotopic (exact) mass is 655 g/mol. The van der Waals surface area contributed by atoms with Crippen molar-refractivity contribution in [1.29, 1.82) is 0 Å². The van der Waals surface area contributed by atoms with E-state index in [1.807, 2.05) is 20.9 Å². The SMILES string of the molecule is CC.CC(NC(C)(C)C)c1ccc(-c2ccn(C)c2)cc1.Cc1ccc(C(C)(C)NC(C)(C)C)cc1.Cc1cccc(NC(C)(C)C)c1. The Bertz CT molecular complexity index is 1450. The summed E-state index contributed by atoms with van der Waals surface area (Å²) >= 11 is 0. The van der Waals surface area contributed by atoms with Gasteiger partial charge in [-0.25, -0.2) is 0 Å². The normalized spacial score (nSPS) is 12.4. The van der Waals surface area contributed by atoms with E-state index < -0.39 is 0 Å². The average molecular weight is 655 g/mol. The van der Waals surface area contributed by atoms with E-state index in [4.69, 9.17) is 0 Å². The maximum Gasteiger partial charge on any atom is 0.0381 e. The topological polar surface area (TPSA) is 41.0 Å². The second-order valence-electron chi connectivity index (χ2n) is 16.4. The molecule has 1 heterocycles. The van der Waals surface area contributed by atoms with Gasteiger partial charge in [0.1, 0.15) is 0 Å². The van der Waals surface area contributed by atoms with Crippen LogP contribution in [0.5, 0.6) is 0 Å². The molecule has 1 aromatic heterocycles. The van der Waals surface area contributed by atoms with Gasteiger partial charge in [0.2, 0.25) is 0 Å². The Kier molecular flexibility index (Phi) is 16.4. The van der Waals surface area contributed by atoms with Crippen LogP contribution in [0.25, 0.3) is 11.1 Å². The highest BCUT2D eigenvalue weighted by Gasteiger charge is 2.25. The Morgan fingerprint density at radius 1 is 0.604 bits per heavy atom. The van der Waals surface area contributed by atoms with Gasteiger partial charge in [0.15, 0.2) is 0 Å². The number of anilines is 1. The molecule has 3 N–H and O–H groups in total. The van der Waals surface area contributed by atoms with Gasteiger partial charge >= 0.3 is 0 Å². The molecule has 0 amide bonds. The average Bonchev–Trinajstić information content (AvgIpc) is 3.38. The molecular weight excluding hydrogens is 585 g/mol. The van der Waals surface area contributed by atoms with E-state index in [1.165, 1.54) is 39.1 Å². The van der Waals surface area contributed by atoms with Crippen LogP contribution in [0.4, 0.5) is 5.69 Å². The number of aryl methyl sites for hydroxylation is 3. The number of nitrogens with one attached hydrogen (secondary N) is 3. The third-order valence-corrected chi connectivity index (χ3v) is 7.22. The van der Waals surface area contributed by atoms with Crippen LogP contribution in [0.3, 0.4) is 0 Å². The van der Waals surface area contributed by atoms with Crippen LogP contribution in [-0.2, 0) is 12.6 Å². The van der Waals surface area contributed by atoms with Crippen molar-refractivity contribution >= 4 is 5.69 Å². The molecule has 0 saturated carbocycles. The first kappa shape index (κ1) is 42.7. The van der Waals surface area contributed by atoms with Gasteiger partial charge in [-0.15, -0.1) is 0 Å². The van der Waals surface area contributed by atoms with Crippen LogP contribution < -0.4 is 16.0 Å². The molecule has 0 aliphatic carbocycles. The molecule has 48 heavy (non-hydrogen) atoms. The second kappa shape index (κ2) is 18.4. The van der Waals surface area contributed by atoms with Crippen LogP contribution in [0.2, 0.25) is 0 Å². The molecule has 4 rings (SSSR count). The molecule has 4 heteroatoms.